The average molecular weight is 369 g/mol. The Morgan fingerprint density at radius 2 is 1.89 bits per heavy atom. The van der Waals surface area contributed by atoms with Gasteiger partial charge in [-0.05, 0) is 6.08 Å². The number of halogens is 1. The van der Waals surface area contributed by atoms with Crippen LogP contribution >= 0.6 is 22.4 Å². The molecule has 0 aliphatic rings. The normalized spacial score (nSPS) is 10.5. The molecule has 1 amide bonds. The fourth-order valence-corrected chi connectivity index (χ4v) is 1.19. The van der Waals surface area contributed by atoms with E-state index in [2.05, 4.69) is 27.7 Å². The second kappa shape index (κ2) is 12.8. The van der Waals surface area contributed by atoms with Crippen LogP contribution in [0, 0.1) is 0 Å². The fraction of sp³-hybridized carbons (Fsp3) is 0.600. The van der Waals surface area contributed by atoms with Gasteiger partial charge in [0.05, 0.1) is 32.8 Å². The SMILES string of the molecule is O=C(O)CCOCCOCCNC(=O)/C=C/BI. The second-order valence-corrected chi connectivity index (χ2v) is 4.10. The zero-order valence-electron chi connectivity index (χ0n) is 10.1. The number of rotatable bonds is 11. The fourth-order valence-electron chi connectivity index (χ4n) is 0.938. The van der Waals surface area contributed by atoms with Crippen LogP contribution in [0.25, 0.3) is 0 Å². The van der Waals surface area contributed by atoms with Gasteiger partial charge in [-0.1, -0.05) is 0 Å². The Labute approximate surface area is 120 Å². The molecular weight excluding hydrogens is 352 g/mol. The highest BCUT2D eigenvalue weighted by molar-refractivity contribution is 14.1. The van der Waals surface area contributed by atoms with Crippen molar-refractivity contribution in [2.24, 2.45) is 0 Å². The van der Waals surface area contributed by atoms with Gasteiger partial charge in [0.15, 0.2) is 0 Å². The standard InChI is InChI=1S/C10H17BINO5/c12-11-3-1-9(14)13-4-6-18-8-7-17-5-2-10(15)16/h1,3,11H,2,4-8H2,(H,13,14)(H,15,16)/b3-1+. The van der Waals surface area contributed by atoms with Crippen molar-refractivity contribution in [2.45, 2.75) is 6.42 Å². The molecule has 18 heavy (non-hydrogen) atoms. The minimum Gasteiger partial charge on any atom is -0.481 e. The molecule has 102 valence electrons. The van der Waals surface area contributed by atoms with E-state index in [-0.39, 0.29) is 18.9 Å². The molecule has 0 spiro atoms. The van der Waals surface area contributed by atoms with Crippen molar-refractivity contribution < 1.29 is 24.2 Å². The molecule has 0 unspecified atom stereocenters. The molecule has 0 aromatic carbocycles. The Hall–Kier alpha value is -0.605. The van der Waals surface area contributed by atoms with Gasteiger partial charge in [-0.15, -0.1) is 28.3 Å². The molecule has 0 aliphatic heterocycles. The lowest BCUT2D eigenvalue weighted by molar-refractivity contribution is -0.138. The van der Waals surface area contributed by atoms with Gasteiger partial charge in [0.2, 0.25) is 11.0 Å². The van der Waals surface area contributed by atoms with Gasteiger partial charge in [0.1, 0.15) is 0 Å². The van der Waals surface area contributed by atoms with E-state index >= 15 is 0 Å². The van der Waals surface area contributed by atoms with Crippen LogP contribution in [-0.4, -0.2) is 55.1 Å². The van der Waals surface area contributed by atoms with E-state index in [1.807, 2.05) is 0 Å². The number of carboxylic acid groups (broad SMARTS) is 1. The van der Waals surface area contributed by atoms with Crippen molar-refractivity contribution in [3.63, 3.8) is 0 Å². The van der Waals surface area contributed by atoms with E-state index in [1.165, 1.54) is 6.08 Å². The first-order valence-electron chi connectivity index (χ1n) is 5.54. The average Bonchev–Trinajstić information content (AvgIpc) is 2.34. The Bertz CT molecular complexity index is 275. The van der Waals surface area contributed by atoms with Gasteiger partial charge in [-0.2, -0.15) is 0 Å². The summed E-state index contributed by atoms with van der Waals surface area (Å²) in [6.07, 6.45) is 1.49. The van der Waals surface area contributed by atoms with Crippen LogP contribution in [0.15, 0.2) is 12.1 Å². The maximum atomic E-state index is 11.1. The Balaban J connectivity index is 3.18. The monoisotopic (exact) mass is 369 g/mol. The molecule has 0 saturated carbocycles. The second-order valence-electron chi connectivity index (χ2n) is 3.22. The number of nitrogens with one attached hydrogen (secondary N) is 1. The predicted octanol–water partition coefficient (Wildman–Crippen LogP) is -0.0893. The topological polar surface area (TPSA) is 84.9 Å². The molecule has 0 radical (unpaired) electrons. The highest BCUT2D eigenvalue weighted by Gasteiger charge is 1.97. The van der Waals surface area contributed by atoms with E-state index < -0.39 is 5.97 Å². The minimum absolute atomic E-state index is 0.000790. The molecule has 0 fully saturated rings. The molecule has 0 bridgehead atoms. The zero-order chi connectivity index (χ0) is 13.6. The maximum absolute atomic E-state index is 11.1. The van der Waals surface area contributed by atoms with Crippen LogP contribution in [0.1, 0.15) is 6.42 Å². The molecule has 2 N–H and O–H groups in total. The van der Waals surface area contributed by atoms with Gasteiger partial charge < -0.3 is 19.9 Å². The number of ether oxygens (including phenoxy) is 2. The number of carboxylic acids is 1. The largest absolute Gasteiger partial charge is 0.481 e. The maximum Gasteiger partial charge on any atom is 0.305 e. The summed E-state index contributed by atoms with van der Waals surface area (Å²) >= 11 is 2.15. The molecule has 0 saturated heterocycles. The quantitative estimate of drug-likeness (QED) is 0.230. The lowest BCUT2D eigenvalue weighted by Crippen LogP contribution is -2.26. The summed E-state index contributed by atoms with van der Waals surface area (Å²) in [6.45, 7) is 1.79. The Morgan fingerprint density at radius 3 is 2.50 bits per heavy atom. The van der Waals surface area contributed by atoms with Crippen molar-refractivity contribution in [3.05, 3.63) is 12.1 Å². The van der Waals surface area contributed by atoms with Crippen molar-refractivity contribution in [2.75, 3.05) is 33.0 Å². The van der Waals surface area contributed by atoms with Gasteiger partial charge in [-0.3, -0.25) is 9.59 Å². The number of hydrogen-bond donors (Lipinski definition) is 2. The van der Waals surface area contributed by atoms with Gasteiger partial charge in [-0.25, -0.2) is 0 Å². The summed E-state index contributed by atoms with van der Waals surface area (Å²) in [4.78, 5) is 21.3. The first kappa shape index (κ1) is 17.4. The summed E-state index contributed by atoms with van der Waals surface area (Å²) in [7, 11) is 0. The molecule has 0 aliphatic carbocycles. The molecular formula is C10H17BINO5. The summed E-state index contributed by atoms with van der Waals surface area (Å²) in [5.41, 5.74) is 0. The van der Waals surface area contributed by atoms with Crippen LogP contribution in [0.5, 0.6) is 0 Å². The molecule has 0 heterocycles. The molecule has 8 heteroatoms. The summed E-state index contributed by atoms with van der Waals surface area (Å²) < 4.78 is 10.2. The van der Waals surface area contributed by atoms with Crippen molar-refractivity contribution in [1.82, 2.24) is 5.32 Å². The predicted molar refractivity (Wildman–Crippen MR) is 77.2 cm³/mol. The van der Waals surface area contributed by atoms with Crippen LogP contribution in [-0.2, 0) is 19.1 Å². The number of carbonyl (C=O) groups excluding carboxylic acids is 1. The molecule has 0 aromatic rings. The van der Waals surface area contributed by atoms with Gasteiger partial charge >= 0.3 is 5.97 Å². The highest BCUT2D eigenvalue weighted by atomic mass is 127. The van der Waals surface area contributed by atoms with E-state index in [4.69, 9.17) is 14.6 Å². The van der Waals surface area contributed by atoms with Crippen molar-refractivity contribution in [3.8, 4) is 0 Å². The number of carbonyl (C=O) groups is 2. The Kier molecular flexibility index (Phi) is 12.4. The molecule has 0 atom stereocenters. The summed E-state index contributed by atoms with van der Waals surface area (Å²) in [6, 6.07) is 0. The summed E-state index contributed by atoms with van der Waals surface area (Å²) in [5.74, 6) is 0.763. The van der Waals surface area contributed by atoms with Gasteiger partial charge in [0, 0.05) is 6.54 Å². The van der Waals surface area contributed by atoms with Crippen molar-refractivity contribution in [1.29, 1.82) is 0 Å². The molecule has 0 rings (SSSR count). The number of hydrogen-bond acceptors (Lipinski definition) is 4. The van der Waals surface area contributed by atoms with E-state index in [0.717, 1.165) is 5.14 Å². The van der Waals surface area contributed by atoms with Gasteiger partial charge in [0.25, 0.3) is 0 Å². The third-order valence-corrected chi connectivity index (χ3v) is 2.24. The minimum atomic E-state index is -0.877. The Morgan fingerprint density at radius 1 is 1.22 bits per heavy atom. The smallest absolute Gasteiger partial charge is 0.305 e. The first-order chi connectivity index (χ1) is 8.66. The van der Waals surface area contributed by atoms with E-state index in [9.17, 15) is 9.59 Å². The molecule has 6 nitrogen and oxygen atoms in total. The lowest BCUT2D eigenvalue weighted by atomic mass is 10.1. The number of aliphatic carboxylic acids is 1. The third-order valence-electron chi connectivity index (χ3n) is 1.74. The third kappa shape index (κ3) is 13.5. The van der Waals surface area contributed by atoms with Crippen LogP contribution in [0.4, 0.5) is 0 Å². The first-order valence-corrected chi connectivity index (χ1v) is 7.07. The van der Waals surface area contributed by atoms with Crippen LogP contribution < -0.4 is 5.32 Å². The molecule has 0 aromatic heterocycles. The van der Waals surface area contributed by atoms with Crippen LogP contribution in [0.3, 0.4) is 0 Å². The van der Waals surface area contributed by atoms with Crippen molar-refractivity contribution >= 4 is 39.4 Å². The zero-order valence-corrected chi connectivity index (χ0v) is 12.2. The lowest BCUT2D eigenvalue weighted by Gasteiger charge is -2.05. The summed E-state index contributed by atoms with van der Waals surface area (Å²) in [5, 5.41) is 11.8. The highest BCUT2D eigenvalue weighted by Crippen LogP contribution is 1.84. The van der Waals surface area contributed by atoms with E-state index in [1.54, 1.807) is 5.98 Å². The van der Waals surface area contributed by atoms with E-state index in [0.29, 0.717) is 26.4 Å². The van der Waals surface area contributed by atoms with Crippen LogP contribution in [0.2, 0.25) is 0 Å². The number of amides is 1.